The number of aliphatic carboxylic acids is 1. The lowest BCUT2D eigenvalue weighted by molar-refractivity contribution is -0.141. The predicted octanol–water partition coefficient (Wildman–Crippen LogP) is 3.50. The molecule has 1 aliphatic rings. The van der Waals surface area contributed by atoms with Crippen molar-refractivity contribution in [2.45, 2.75) is 38.1 Å². The molecule has 0 radical (unpaired) electrons. The van der Waals surface area contributed by atoms with Crippen LogP contribution in [0.2, 0.25) is 5.02 Å². The highest BCUT2D eigenvalue weighted by molar-refractivity contribution is 6.33. The molecule has 0 bridgehead atoms. The van der Waals surface area contributed by atoms with E-state index in [9.17, 15) is 14.7 Å². The average Bonchev–Trinajstić information content (AvgIpc) is 2.48. The van der Waals surface area contributed by atoms with E-state index in [1.165, 1.54) is 0 Å². The molecule has 1 aliphatic carbocycles. The summed E-state index contributed by atoms with van der Waals surface area (Å²) in [6.07, 6.45) is 4.84. The molecule has 1 atom stereocenters. The average molecular weight is 311 g/mol. The summed E-state index contributed by atoms with van der Waals surface area (Å²) >= 11 is 5.96. The van der Waals surface area contributed by atoms with Crippen molar-refractivity contribution >= 4 is 29.3 Å². The Morgan fingerprint density at radius 3 is 2.48 bits per heavy atom. The summed E-state index contributed by atoms with van der Waals surface area (Å²) in [5.41, 5.74) is 0.462. The highest BCUT2D eigenvalue weighted by Gasteiger charge is 2.30. The Bertz CT molecular complexity index is 515. The largest absolute Gasteiger partial charge is 0.480 e. The maximum absolute atomic E-state index is 12.0. The number of carboxylic acids is 1. The number of carboxylic acid groups (broad SMARTS) is 1. The molecule has 1 aromatic rings. The van der Waals surface area contributed by atoms with Crippen molar-refractivity contribution in [3.8, 4) is 0 Å². The van der Waals surface area contributed by atoms with Gasteiger partial charge in [-0.1, -0.05) is 43.0 Å². The van der Waals surface area contributed by atoms with Gasteiger partial charge in [0.05, 0.1) is 10.7 Å². The van der Waals surface area contributed by atoms with Crippen LogP contribution in [0.4, 0.5) is 10.5 Å². The molecule has 21 heavy (non-hydrogen) atoms. The fourth-order valence-corrected chi connectivity index (χ4v) is 2.89. The number of hydrogen-bond donors (Lipinski definition) is 3. The second-order valence-electron chi connectivity index (χ2n) is 5.29. The number of carbonyl (C=O) groups excluding carboxylic acids is 1. The van der Waals surface area contributed by atoms with E-state index in [1.54, 1.807) is 24.3 Å². The number of benzene rings is 1. The molecule has 1 unspecified atom stereocenters. The van der Waals surface area contributed by atoms with Gasteiger partial charge < -0.3 is 15.7 Å². The minimum absolute atomic E-state index is 0.00625. The van der Waals surface area contributed by atoms with Crippen molar-refractivity contribution in [3.05, 3.63) is 29.3 Å². The van der Waals surface area contributed by atoms with Crippen LogP contribution in [-0.4, -0.2) is 23.1 Å². The number of amides is 2. The zero-order valence-electron chi connectivity index (χ0n) is 11.6. The summed E-state index contributed by atoms with van der Waals surface area (Å²) in [4.78, 5) is 23.4. The summed E-state index contributed by atoms with van der Waals surface area (Å²) in [5.74, 6) is -0.996. The van der Waals surface area contributed by atoms with Crippen LogP contribution in [0.25, 0.3) is 0 Å². The number of urea groups is 1. The first kappa shape index (κ1) is 15.6. The third-order valence-corrected chi connectivity index (χ3v) is 4.13. The first-order chi connectivity index (χ1) is 10.1. The van der Waals surface area contributed by atoms with Crippen molar-refractivity contribution in [1.82, 2.24) is 5.32 Å². The number of anilines is 1. The quantitative estimate of drug-likeness (QED) is 0.796. The minimum Gasteiger partial charge on any atom is -0.480 e. The van der Waals surface area contributed by atoms with Crippen LogP contribution >= 0.6 is 11.6 Å². The summed E-state index contributed by atoms with van der Waals surface area (Å²) in [6.45, 7) is 0. The molecule has 0 saturated heterocycles. The zero-order chi connectivity index (χ0) is 15.2. The van der Waals surface area contributed by atoms with Crippen LogP contribution in [0.15, 0.2) is 24.3 Å². The second-order valence-corrected chi connectivity index (χ2v) is 5.70. The topological polar surface area (TPSA) is 78.4 Å². The number of para-hydroxylation sites is 1. The molecule has 0 aromatic heterocycles. The highest BCUT2D eigenvalue weighted by atomic mass is 35.5. The first-order valence-electron chi connectivity index (χ1n) is 7.13. The van der Waals surface area contributed by atoms with Crippen LogP contribution in [0.5, 0.6) is 0 Å². The molecule has 0 heterocycles. The Labute approximate surface area is 128 Å². The van der Waals surface area contributed by atoms with E-state index in [1.807, 2.05) is 0 Å². The molecule has 3 N–H and O–H groups in total. The molecule has 2 amide bonds. The third kappa shape index (κ3) is 4.36. The zero-order valence-corrected chi connectivity index (χ0v) is 12.4. The van der Waals surface area contributed by atoms with Gasteiger partial charge in [-0.05, 0) is 30.9 Å². The minimum atomic E-state index is -0.990. The maximum atomic E-state index is 12.0. The Balaban J connectivity index is 1.98. The molecule has 6 heteroatoms. The number of halogens is 1. The fraction of sp³-hybridized carbons (Fsp3) is 0.467. The van der Waals surface area contributed by atoms with Gasteiger partial charge in [-0.25, -0.2) is 9.59 Å². The Morgan fingerprint density at radius 2 is 1.86 bits per heavy atom. The van der Waals surface area contributed by atoms with E-state index in [2.05, 4.69) is 10.6 Å². The summed E-state index contributed by atoms with van der Waals surface area (Å²) < 4.78 is 0. The molecular weight excluding hydrogens is 292 g/mol. The van der Waals surface area contributed by atoms with Crippen molar-refractivity contribution < 1.29 is 14.7 Å². The van der Waals surface area contributed by atoms with Gasteiger partial charge in [0.25, 0.3) is 0 Å². The fourth-order valence-electron chi connectivity index (χ4n) is 2.71. The maximum Gasteiger partial charge on any atom is 0.326 e. The van der Waals surface area contributed by atoms with Gasteiger partial charge in [0.1, 0.15) is 6.04 Å². The predicted molar refractivity (Wildman–Crippen MR) is 81.6 cm³/mol. The van der Waals surface area contributed by atoms with Crippen molar-refractivity contribution in [1.29, 1.82) is 0 Å². The van der Waals surface area contributed by atoms with Gasteiger partial charge >= 0.3 is 12.0 Å². The lowest BCUT2D eigenvalue weighted by atomic mass is 9.84. The molecule has 2 rings (SSSR count). The first-order valence-corrected chi connectivity index (χ1v) is 7.50. The Kier molecular flexibility index (Phi) is 5.44. The highest BCUT2D eigenvalue weighted by Crippen LogP contribution is 2.27. The van der Waals surface area contributed by atoms with Gasteiger partial charge in [-0.15, -0.1) is 0 Å². The van der Waals surface area contributed by atoms with Crippen molar-refractivity contribution in [3.63, 3.8) is 0 Å². The smallest absolute Gasteiger partial charge is 0.326 e. The van der Waals surface area contributed by atoms with Gasteiger partial charge in [-0.3, -0.25) is 0 Å². The third-order valence-electron chi connectivity index (χ3n) is 3.80. The van der Waals surface area contributed by atoms with E-state index in [4.69, 9.17) is 11.6 Å². The summed E-state index contributed by atoms with van der Waals surface area (Å²) in [7, 11) is 0. The monoisotopic (exact) mass is 310 g/mol. The normalized spacial score (nSPS) is 17.0. The Hall–Kier alpha value is -1.75. The molecule has 0 spiro atoms. The van der Waals surface area contributed by atoms with Crippen LogP contribution in [0, 0.1) is 5.92 Å². The molecular formula is C15H19ClN2O3. The molecule has 1 fully saturated rings. The lowest BCUT2D eigenvalue weighted by Gasteiger charge is -2.28. The number of carbonyl (C=O) groups is 2. The van der Waals surface area contributed by atoms with Crippen molar-refractivity contribution in [2.75, 3.05) is 5.32 Å². The SMILES string of the molecule is O=C(Nc1ccccc1Cl)NC(C(=O)O)C1CCCCC1. The Morgan fingerprint density at radius 1 is 1.19 bits per heavy atom. The van der Waals surface area contributed by atoms with E-state index in [0.29, 0.717) is 10.7 Å². The molecule has 1 aromatic carbocycles. The molecule has 5 nitrogen and oxygen atoms in total. The van der Waals surface area contributed by atoms with E-state index < -0.39 is 18.0 Å². The standard InChI is InChI=1S/C15H19ClN2O3/c16-11-8-4-5-9-12(11)17-15(21)18-13(14(19)20)10-6-2-1-3-7-10/h4-5,8-10,13H,1-3,6-7H2,(H,19,20)(H2,17,18,21). The number of rotatable bonds is 4. The molecule has 0 aliphatic heterocycles. The van der Waals surface area contributed by atoms with Gasteiger partial charge in [0, 0.05) is 0 Å². The molecule has 1 saturated carbocycles. The van der Waals surface area contributed by atoms with E-state index in [-0.39, 0.29) is 5.92 Å². The summed E-state index contributed by atoms with van der Waals surface area (Å²) in [6, 6.07) is 5.43. The van der Waals surface area contributed by atoms with Crippen LogP contribution < -0.4 is 10.6 Å². The summed E-state index contributed by atoms with van der Waals surface area (Å²) in [5, 5.41) is 14.9. The second kappa shape index (κ2) is 7.31. The van der Waals surface area contributed by atoms with Gasteiger partial charge in [0.2, 0.25) is 0 Å². The van der Waals surface area contributed by atoms with Crippen LogP contribution in [0.1, 0.15) is 32.1 Å². The van der Waals surface area contributed by atoms with Gasteiger partial charge in [0.15, 0.2) is 0 Å². The van der Waals surface area contributed by atoms with E-state index in [0.717, 1.165) is 32.1 Å². The van der Waals surface area contributed by atoms with Gasteiger partial charge in [-0.2, -0.15) is 0 Å². The van der Waals surface area contributed by atoms with Crippen molar-refractivity contribution in [2.24, 2.45) is 5.92 Å². The number of hydrogen-bond acceptors (Lipinski definition) is 2. The van der Waals surface area contributed by atoms with Crippen LogP contribution in [-0.2, 0) is 4.79 Å². The van der Waals surface area contributed by atoms with Crippen LogP contribution in [0.3, 0.4) is 0 Å². The lowest BCUT2D eigenvalue weighted by Crippen LogP contribution is -2.48. The molecule has 114 valence electrons. The number of nitrogens with one attached hydrogen (secondary N) is 2. The van der Waals surface area contributed by atoms with E-state index >= 15 is 0 Å².